The number of aromatic carboxylic acids is 1. The Hall–Kier alpha value is -2.03. The first-order chi connectivity index (χ1) is 9.11. The number of nitrogens with one attached hydrogen (secondary N) is 1. The minimum atomic E-state index is -0.933. The minimum Gasteiger partial charge on any atom is -0.477 e. The van der Waals surface area contributed by atoms with E-state index in [0.29, 0.717) is 33.3 Å². The van der Waals surface area contributed by atoms with Crippen LogP contribution in [0.4, 0.5) is 5.69 Å². The third-order valence-corrected chi connectivity index (χ3v) is 3.77. The van der Waals surface area contributed by atoms with Gasteiger partial charge in [0.1, 0.15) is 4.88 Å². The van der Waals surface area contributed by atoms with E-state index < -0.39 is 5.97 Å². The molecule has 96 valence electrons. The molecule has 0 unspecified atom stereocenters. The van der Waals surface area contributed by atoms with Gasteiger partial charge in [0.2, 0.25) is 0 Å². The van der Waals surface area contributed by atoms with Crippen LogP contribution in [0, 0.1) is 11.3 Å². The smallest absolute Gasteiger partial charge is 0.346 e. The monoisotopic (exact) mass is 292 g/mol. The molecule has 19 heavy (non-hydrogen) atoms. The summed E-state index contributed by atoms with van der Waals surface area (Å²) in [5, 5.41) is 23.0. The van der Waals surface area contributed by atoms with Crippen LogP contribution in [0.2, 0.25) is 5.02 Å². The number of carbonyl (C=O) groups is 1. The fourth-order valence-electron chi connectivity index (χ4n) is 1.58. The lowest BCUT2D eigenvalue weighted by molar-refractivity contribution is 0.0701. The maximum atomic E-state index is 11.0. The predicted molar refractivity (Wildman–Crippen MR) is 74.8 cm³/mol. The molecule has 0 aliphatic heterocycles. The SMILES string of the molecule is N#Cc1ccc(NCc2ccsc2C(=O)O)c(Cl)c1. The average Bonchev–Trinajstić information content (AvgIpc) is 2.85. The van der Waals surface area contributed by atoms with Crippen molar-refractivity contribution in [1.82, 2.24) is 0 Å². The highest BCUT2D eigenvalue weighted by atomic mass is 35.5. The van der Waals surface area contributed by atoms with E-state index in [9.17, 15) is 4.79 Å². The number of hydrogen-bond donors (Lipinski definition) is 2. The Morgan fingerprint density at radius 2 is 2.26 bits per heavy atom. The molecule has 0 saturated heterocycles. The van der Waals surface area contributed by atoms with Crippen molar-refractivity contribution < 1.29 is 9.90 Å². The van der Waals surface area contributed by atoms with Crippen molar-refractivity contribution in [1.29, 1.82) is 5.26 Å². The van der Waals surface area contributed by atoms with Gasteiger partial charge < -0.3 is 10.4 Å². The van der Waals surface area contributed by atoms with E-state index in [1.807, 2.05) is 6.07 Å². The van der Waals surface area contributed by atoms with Crippen LogP contribution in [0.15, 0.2) is 29.6 Å². The molecule has 0 spiro atoms. The molecule has 0 bridgehead atoms. The molecule has 0 radical (unpaired) electrons. The fourth-order valence-corrected chi connectivity index (χ4v) is 2.59. The van der Waals surface area contributed by atoms with Crippen LogP contribution in [0.5, 0.6) is 0 Å². The number of halogens is 1. The topological polar surface area (TPSA) is 73.1 Å². The summed E-state index contributed by atoms with van der Waals surface area (Å²) in [6.07, 6.45) is 0. The van der Waals surface area contributed by atoms with E-state index in [2.05, 4.69) is 5.32 Å². The van der Waals surface area contributed by atoms with Gasteiger partial charge in [-0.15, -0.1) is 11.3 Å². The molecule has 0 saturated carbocycles. The van der Waals surface area contributed by atoms with Gasteiger partial charge in [-0.1, -0.05) is 11.6 Å². The largest absolute Gasteiger partial charge is 0.477 e. The Kier molecular flexibility index (Phi) is 4.05. The minimum absolute atomic E-state index is 0.317. The molecule has 0 amide bonds. The maximum Gasteiger partial charge on any atom is 0.346 e. The number of carboxylic acid groups (broad SMARTS) is 1. The van der Waals surface area contributed by atoms with Crippen molar-refractivity contribution in [3.63, 3.8) is 0 Å². The Morgan fingerprint density at radius 3 is 2.89 bits per heavy atom. The molecule has 2 rings (SSSR count). The van der Waals surface area contributed by atoms with Gasteiger partial charge in [0.15, 0.2) is 0 Å². The molecule has 1 heterocycles. The lowest BCUT2D eigenvalue weighted by Gasteiger charge is -2.08. The molecule has 0 fully saturated rings. The van der Waals surface area contributed by atoms with Gasteiger partial charge >= 0.3 is 5.97 Å². The van der Waals surface area contributed by atoms with E-state index in [0.717, 1.165) is 0 Å². The van der Waals surface area contributed by atoms with E-state index in [1.54, 1.807) is 29.6 Å². The summed E-state index contributed by atoms with van der Waals surface area (Å²) in [6, 6.07) is 8.68. The van der Waals surface area contributed by atoms with Crippen LogP contribution >= 0.6 is 22.9 Å². The molecule has 0 atom stereocenters. The van der Waals surface area contributed by atoms with E-state index in [1.165, 1.54) is 11.3 Å². The van der Waals surface area contributed by atoms with Gasteiger partial charge in [-0.25, -0.2) is 4.79 Å². The lowest BCUT2D eigenvalue weighted by Crippen LogP contribution is -2.04. The van der Waals surface area contributed by atoms with E-state index >= 15 is 0 Å². The third-order valence-electron chi connectivity index (χ3n) is 2.51. The number of rotatable bonds is 4. The highest BCUT2D eigenvalue weighted by molar-refractivity contribution is 7.12. The molecule has 2 aromatic rings. The van der Waals surface area contributed by atoms with Crippen molar-refractivity contribution in [2.24, 2.45) is 0 Å². The molecule has 4 nitrogen and oxygen atoms in total. The van der Waals surface area contributed by atoms with Crippen molar-refractivity contribution in [3.05, 3.63) is 50.7 Å². The highest BCUT2D eigenvalue weighted by Gasteiger charge is 2.11. The first-order valence-electron chi connectivity index (χ1n) is 5.35. The quantitative estimate of drug-likeness (QED) is 0.903. The number of nitrogens with zero attached hydrogens (tertiary/aromatic N) is 1. The van der Waals surface area contributed by atoms with Crippen LogP contribution < -0.4 is 5.32 Å². The van der Waals surface area contributed by atoms with Crippen LogP contribution in [0.1, 0.15) is 20.8 Å². The van der Waals surface area contributed by atoms with Crippen LogP contribution in [-0.2, 0) is 6.54 Å². The summed E-state index contributed by atoms with van der Waals surface area (Å²) in [5.74, 6) is -0.933. The van der Waals surface area contributed by atoms with Gasteiger partial charge in [-0.2, -0.15) is 5.26 Å². The van der Waals surface area contributed by atoms with Gasteiger partial charge in [0.05, 0.1) is 22.3 Å². The summed E-state index contributed by atoms with van der Waals surface area (Å²) in [5.41, 5.74) is 1.86. The second kappa shape index (κ2) is 5.74. The molecule has 0 aliphatic carbocycles. The molecule has 0 aliphatic rings. The third kappa shape index (κ3) is 3.05. The van der Waals surface area contributed by atoms with E-state index in [4.69, 9.17) is 22.0 Å². The number of thiophene rings is 1. The number of nitriles is 1. The predicted octanol–water partition coefficient (Wildman–Crippen LogP) is 3.58. The van der Waals surface area contributed by atoms with Crippen molar-refractivity contribution in [3.8, 4) is 6.07 Å². The summed E-state index contributed by atoms with van der Waals surface area (Å²) in [6.45, 7) is 0.372. The fraction of sp³-hybridized carbons (Fsp3) is 0.0769. The highest BCUT2D eigenvalue weighted by Crippen LogP contribution is 2.24. The summed E-state index contributed by atoms with van der Waals surface area (Å²) in [7, 11) is 0. The zero-order valence-corrected chi connectivity index (χ0v) is 11.3. The van der Waals surface area contributed by atoms with Gasteiger partial charge in [0, 0.05) is 6.54 Å². The van der Waals surface area contributed by atoms with Crippen molar-refractivity contribution >= 4 is 34.6 Å². The van der Waals surface area contributed by atoms with Gasteiger partial charge in [0.25, 0.3) is 0 Å². The molecule has 1 aromatic carbocycles. The zero-order chi connectivity index (χ0) is 13.8. The number of hydrogen-bond acceptors (Lipinski definition) is 4. The molecular formula is C13H9ClN2O2S. The Labute approximate surface area is 118 Å². The van der Waals surface area contributed by atoms with Crippen LogP contribution in [0.3, 0.4) is 0 Å². The van der Waals surface area contributed by atoms with Gasteiger partial charge in [-0.05, 0) is 35.2 Å². The molecular weight excluding hydrogens is 284 g/mol. The van der Waals surface area contributed by atoms with Crippen molar-refractivity contribution in [2.75, 3.05) is 5.32 Å². The summed E-state index contributed by atoms with van der Waals surface area (Å²) in [4.78, 5) is 11.3. The number of anilines is 1. The first-order valence-corrected chi connectivity index (χ1v) is 6.60. The lowest BCUT2D eigenvalue weighted by atomic mass is 10.2. The standard InChI is InChI=1S/C13H9ClN2O2S/c14-10-5-8(6-15)1-2-11(10)16-7-9-3-4-19-12(9)13(17)18/h1-5,16H,7H2,(H,17,18). The Balaban J connectivity index is 2.13. The number of carboxylic acids is 1. The maximum absolute atomic E-state index is 11.0. The average molecular weight is 293 g/mol. The molecule has 1 aromatic heterocycles. The first kappa shape index (κ1) is 13.4. The van der Waals surface area contributed by atoms with E-state index in [-0.39, 0.29) is 0 Å². The van der Waals surface area contributed by atoms with Crippen molar-refractivity contribution in [2.45, 2.75) is 6.54 Å². The Bertz CT molecular complexity index is 661. The zero-order valence-electron chi connectivity index (χ0n) is 9.68. The normalized spacial score (nSPS) is 9.89. The second-order valence-corrected chi connectivity index (χ2v) is 5.06. The second-order valence-electron chi connectivity index (χ2n) is 3.74. The summed E-state index contributed by atoms with van der Waals surface area (Å²) < 4.78 is 0. The van der Waals surface area contributed by atoms with Crippen LogP contribution in [-0.4, -0.2) is 11.1 Å². The Morgan fingerprint density at radius 1 is 1.47 bits per heavy atom. The summed E-state index contributed by atoms with van der Waals surface area (Å²) >= 11 is 7.21. The molecule has 6 heteroatoms. The van der Waals surface area contributed by atoms with Gasteiger partial charge in [-0.3, -0.25) is 0 Å². The molecule has 2 N–H and O–H groups in total. The number of benzene rings is 1. The van der Waals surface area contributed by atoms with Crippen LogP contribution in [0.25, 0.3) is 0 Å².